The fourth-order valence-corrected chi connectivity index (χ4v) is 3.45. The summed E-state index contributed by atoms with van der Waals surface area (Å²) in [6.07, 6.45) is 1.86. The second-order valence-corrected chi connectivity index (χ2v) is 6.04. The van der Waals surface area contributed by atoms with E-state index in [1.165, 1.54) is 15.4 Å². The van der Waals surface area contributed by atoms with Gasteiger partial charge in [0.2, 0.25) is 0 Å². The molecule has 0 radical (unpaired) electrons. The number of nitrogens with zero attached hydrogens (tertiary/aromatic N) is 2. The molecule has 17 heavy (non-hydrogen) atoms. The largest absolute Gasteiger partial charge is 0.307 e. The van der Waals surface area contributed by atoms with Crippen LogP contribution in [0.15, 0.2) is 22.8 Å². The molecule has 0 amide bonds. The highest BCUT2D eigenvalue weighted by Crippen LogP contribution is 2.32. The van der Waals surface area contributed by atoms with Crippen LogP contribution >= 0.6 is 27.3 Å². The normalized spacial score (nSPS) is 12.9. The third-order valence-corrected chi connectivity index (χ3v) is 4.42. The molecule has 0 aliphatic rings. The van der Waals surface area contributed by atoms with Crippen molar-refractivity contribution in [2.75, 3.05) is 7.05 Å². The molecule has 92 valence electrons. The van der Waals surface area contributed by atoms with Crippen LogP contribution in [0.2, 0.25) is 0 Å². The Morgan fingerprint density at radius 3 is 2.82 bits per heavy atom. The highest BCUT2D eigenvalue weighted by molar-refractivity contribution is 9.10. The molecule has 0 aromatic carbocycles. The summed E-state index contributed by atoms with van der Waals surface area (Å²) in [7, 11) is 1.99. The summed E-state index contributed by atoms with van der Waals surface area (Å²) >= 11 is 5.41. The van der Waals surface area contributed by atoms with E-state index in [4.69, 9.17) is 0 Å². The maximum absolute atomic E-state index is 4.37. The molecular weight excluding hydrogens is 298 g/mol. The van der Waals surface area contributed by atoms with Crippen molar-refractivity contribution in [1.82, 2.24) is 15.1 Å². The highest BCUT2D eigenvalue weighted by Gasteiger charge is 2.21. The first kappa shape index (κ1) is 12.8. The maximum Gasteiger partial charge on any atom is 0.0851 e. The number of nitrogens with one attached hydrogen (secondary N) is 1. The number of halogens is 1. The van der Waals surface area contributed by atoms with Crippen LogP contribution in [0.25, 0.3) is 0 Å². The first-order valence-corrected chi connectivity index (χ1v) is 7.23. The first-order chi connectivity index (χ1) is 8.17. The fourth-order valence-electron chi connectivity index (χ4n) is 1.93. The van der Waals surface area contributed by atoms with E-state index in [0.29, 0.717) is 0 Å². The number of aryl methyl sites for hydroxylation is 2. The van der Waals surface area contributed by atoms with Crippen molar-refractivity contribution in [2.45, 2.75) is 26.4 Å². The van der Waals surface area contributed by atoms with Gasteiger partial charge in [-0.25, -0.2) is 0 Å². The van der Waals surface area contributed by atoms with Crippen LogP contribution in [-0.2, 0) is 6.54 Å². The number of thiophene rings is 1. The minimum Gasteiger partial charge on any atom is -0.307 e. The van der Waals surface area contributed by atoms with E-state index in [9.17, 15) is 0 Å². The maximum atomic E-state index is 4.37. The van der Waals surface area contributed by atoms with Crippen LogP contribution in [0.5, 0.6) is 0 Å². The Balaban J connectivity index is 2.44. The number of aromatic nitrogens is 2. The van der Waals surface area contributed by atoms with Gasteiger partial charge in [0.15, 0.2) is 0 Å². The number of hydrogen-bond donors (Lipinski definition) is 1. The average Bonchev–Trinajstić information content (AvgIpc) is 2.89. The second-order valence-electron chi connectivity index (χ2n) is 3.86. The molecule has 0 spiro atoms. The van der Waals surface area contributed by atoms with Crippen molar-refractivity contribution >= 4 is 27.3 Å². The molecule has 2 aromatic heterocycles. The zero-order valence-electron chi connectivity index (χ0n) is 10.2. The van der Waals surface area contributed by atoms with Gasteiger partial charge in [-0.15, -0.1) is 11.3 Å². The van der Waals surface area contributed by atoms with Crippen LogP contribution < -0.4 is 5.32 Å². The summed E-state index contributed by atoms with van der Waals surface area (Å²) in [5, 5.41) is 7.74. The molecule has 0 saturated heterocycles. The molecule has 1 atom stereocenters. The van der Waals surface area contributed by atoms with E-state index >= 15 is 0 Å². The summed E-state index contributed by atoms with van der Waals surface area (Å²) in [6.45, 7) is 5.12. The van der Waals surface area contributed by atoms with Gasteiger partial charge >= 0.3 is 0 Å². The summed E-state index contributed by atoms with van der Waals surface area (Å²) in [6, 6.07) is 4.54. The van der Waals surface area contributed by atoms with Crippen molar-refractivity contribution in [3.63, 3.8) is 0 Å². The highest BCUT2D eigenvalue weighted by atomic mass is 79.9. The van der Waals surface area contributed by atoms with Gasteiger partial charge in [0.05, 0.1) is 22.4 Å². The van der Waals surface area contributed by atoms with Gasteiger partial charge in [0, 0.05) is 16.3 Å². The van der Waals surface area contributed by atoms with Gasteiger partial charge in [-0.2, -0.15) is 5.10 Å². The molecule has 3 nitrogen and oxygen atoms in total. The third-order valence-electron chi connectivity index (χ3n) is 2.74. The Labute approximate surface area is 114 Å². The standard InChI is InChI=1S/C12H16BrN3S/c1-4-16-12(9(13)7-15-16)11(14-3)10-6-5-8(2)17-10/h5-7,11,14H,4H2,1-3H3. The number of rotatable bonds is 4. The van der Waals surface area contributed by atoms with Crippen molar-refractivity contribution in [3.05, 3.63) is 38.3 Å². The van der Waals surface area contributed by atoms with Gasteiger partial charge in [-0.1, -0.05) is 0 Å². The summed E-state index contributed by atoms with van der Waals surface area (Å²) in [5.74, 6) is 0. The van der Waals surface area contributed by atoms with E-state index in [1.807, 2.05) is 29.3 Å². The Bertz CT molecular complexity index is 504. The minimum absolute atomic E-state index is 0.200. The smallest absolute Gasteiger partial charge is 0.0851 e. The van der Waals surface area contributed by atoms with Crippen molar-refractivity contribution in [1.29, 1.82) is 0 Å². The minimum atomic E-state index is 0.200. The third kappa shape index (κ3) is 2.46. The van der Waals surface area contributed by atoms with Gasteiger partial charge in [0.1, 0.15) is 0 Å². The molecule has 2 heterocycles. The Hall–Kier alpha value is -0.650. The van der Waals surface area contributed by atoms with Crippen LogP contribution in [0, 0.1) is 6.92 Å². The zero-order valence-corrected chi connectivity index (χ0v) is 12.6. The second kappa shape index (κ2) is 5.33. The Morgan fingerprint density at radius 1 is 1.53 bits per heavy atom. The SMILES string of the molecule is CCn1ncc(Br)c1C(NC)c1ccc(C)s1. The van der Waals surface area contributed by atoms with Crippen LogP contribution in [0.3, 0.4) is 0 Å². The molecule has 0 aliphatic heterocycles. The van der Waals surface area contributed by atoms with E-state index in [1.54, 1.807) is 0 Å². The zero-order chi connectivity index (χ0) is 12.4. The molecule has 0 bridgehead atoms. The fraction of sp³-hybridized carbons (Fsp3) is 0.417. The number of hydrogen-bond acceptors (Lipinski definition) is 3. The van der Waals surface area contributed by atoms with E-state index in [0.717, 1.165) is 11.0 Å². The molecule has 0 fully saturated rings. The van der Waals surface area contributed by atoms with Crippen molar-refractivity contribution < 1.29 is 0 Å². The van der Waals surface area contributed by atoms with Gasteiger partial charge in [-0.3, -0.25) is 4.68 Å². The van der Waals surface area contributed by atoms with Gasteiger partial charge < -0.3 is 5.32 Å². The molecule has 2 rings (SSSR count). The van der Waals surface area contributed by atoms with Gasteiger partial charge in [-0.05, 0) is 49.0 Å². The topological polar surface area (TPSA) is 29.9 Å². The monoisotopic (exact) mass is 313 g/mol. The molecule has 2 aromatic rings. The average molecular weight is 314 g/mol. The lowest BCUT2D eigenvalue weighted by Crippen LogP contribution is -2.20. The molecule has 1 unspecified atom stereocenters. The lowest BCUT2D eigenvalue weighted by atomic mass is 10.1. The summed E-state index contributed by atoms with van der Waals surface area (Å²) in [5.41, 5.74) is 1.19. The van der Waals surface area contributed by atoms with Crippen molar-refractivity contribution in [3.8, 4) is 0 Å². The van der Waals surface area contributed by atoms with Crippen molar-refractivity contribution in [2.24, 2.45) is 0 Å². The van der Waals surface area contributed by atoms with Crippen LogP contribution in [0.1, 0.15) is 28.4 Å². The summed E-state index contributed by atoms with van der Waals surface area (Å²) < 4.78 is 3.09. The Morgan fingerprint density at radius 2 is 2.29 bits per heavy atom. The van der Waals surface area contributed by atoms with E-state index in [-0.39, 0.29) is 6.04 Å². The van der Waals surface area contributed by atoms with Gasteiger partial charge in [0.25, 0.3) is 0 Å². The van der Waals surface area contributed by atoms with Crippen LogP contribution in [0.4, 0.5) is 0 Å². The van der Waals surface area contributed by atoms with E-state index in [2.05, 4.69) is 52.3 Å². The molecule has 1 N–H and O–H groups in total. The summed E-state index contributed by atoms with van der Waals surface area (Å²) in [4.78, 5) is 2.65. The van der Waals surface area contributed by atoms with E-state index < -0.39 is 0 Å². The lowest BCUT2D eigenvalue weighted by molar-refractivity contribution is 0.566. The molecular formula is C12H16BrN3S. The predicted molar refractivity (Wildman–Crippen MR) is 75.6 cm³/mol. The predicted octanol–water partition coefficient (Wildman–Crippen LogP) is 3.34. The first-order valence-electron chi connectivity index (χ1n) is 5.62. The molecule has 0 saturated carbocycles. The quantitative estimate of drug-likeness (QED) is 0.938. The molecule has 5 heteroatoms. The lowest BCUT2D eigenvalue weighted by Gasteiger charge is -2.16. The van der Waals surface area contributed by atoms with Crippen LogP contribution in [-0.4, -0.2) is 16.8 Å². The molecule has 0 aliphatic carbocycles. The Kier molecular flexibility index (Phi) is 4.01.